The molecule has 0 heterocycles. The molecule has 0 aliphatic rings. The first-order valence-corrected chi connectivity index (χ1v) is 4.07. The van der Waals surface area contributed by atoms with Crippen molar-refractivity contribution in [1.82, 2.24) is 0 Å². The van der Waals surface area contributed by atoms with Gasteiger partial charge in [0.25, 0.3) is 0 Å². The molecule has 0 saturated carbocycles. The van der Waals surface area contributed by atoms with Gasteiger partial charge in [-0.25, -0.2) is 0 Å². The van der Waals surface area contributed by atoms with Crippen molar-refractivity contribution in [3.05, 3.63) is 12.8 Å². The van der Waals surface area contributed by atoms with Crippen molar-refractivity contribution in [3.63, 3.8) is 0 Å². The van der Waals surface area contributed by atoms with Gasteiger partial charge in [-0.3, -0.25) is 4.57 Å². The molecule has 5 heteroatoms. The van der Waals surface area contributed by atoms with Crippen LogP contribution in [0.5, 0.6) is 0 Å². The van der Waals surface area contributed by atoms with Gasteiger partial charge in [-0.1, -0.05) is 13.5 Å². The average Bonchev–Trinajstić information content (AvgIpc) is 1.67. The summed E-state index contributed by atoms with van der Waals surface area (Å²) in [5.74, 6) is 0. The molecule has 0 aliphatic heterocycles. The Morgan fingerprint density at radius 1 is 1.67 bits per heavy atom. The molecule has 0 aromatic heterocycles. The van der Waals surface area contributed by atoms with E-state index in [4.69, 9.17) is 14.9 Å². The molecule has 0 aliphatic carbocycles. The van der Waals surface area contributed by atoms with Crippen molar-refractivity contribution in [2.24, 2.45) is 0 Å². The van der Waals surface area contributed by atoms with E-state index in [9.17, 15) is 4.57 Å². The molecular formula is C4H11O4P. The Balaban J connectivity index is 0. The third kappa shape index (κ3) is 34.4. The second kappa shape index (κ2) is 5.82. The molecule has 0 aromatic rings. The van der Waals surface area contributed by atoms with Gasteiger partial charge in [0.2, 0.25) is 0 Å². The molecular weight excluding hydrogens is 143 g/mol. The summed E-state index contributed by atoms with van der Waals surface area (Å²) in [6.07, 6.45) is 0.688. The van der Waals surface area contributed by atoms with Gasteiger partial charge in [0.1, 0.15) is 0 Å². The van der Waals surface area contributed by atoms with Crippen LogP contribution in [-0.4, -0.2) is 21.1 Å². The Morgan fingerprint density at radius 2 is 1.78 bits per heavy atom. The fraction of sp³-hybridized carbons (Fsp3) is 0.500. The van der Waals surface area contributed by atoms with Crippen LogP contribution in [0, 0.1) is 0 Å². The quantitative estimate of drug-likeness (QED) is 0.387. The summed E-state index contributed by atoms with van der Waals surface area (Å²) >= 11 is 0. The zero-order valence-electron chi connectivity index (χ0n) is 5.19. The molecule has 0 rings (SSSR count). The lowest BCUT2D eigenvalue weighted by Crippen LogP contribution is -1.76. The molecule has 3 N–H and O–H groups in total. The van der Waals surface area contributed by atoms with E-state index in [-0.39, 0.29) is 6.16 Å². The van der Waals surface area contributed by atoms with E-state index in [1.54, 1.807) is 0 Å². The third-order valence-corrected chi connectivity index (χ3v) is 1.24. The number of aliphatic hydroxyl groups excluding tert-OH is 1. The molecule has 0 atom stereocenters. The molecule has 0 spiro atoms. The van der Waals surface area contributed by atoms with E-state index < -0.39 is 7.60 Å². The zero-order valence-corrected chi connectivity index (χ0v) is 6.08. The van der Waals surface area contributed by atoms with Gasteiger partial charge in [0.15, 0.2) is 0 Å². The second-order valence-electron chi connectivity index (χ2n) is 1.16. The van der Waals surface area contributed by atoms with Gasteiger partial charge in [-0.15, -0.1) is 0 Å². The number of rotatable bonds is 1. The molecule has 4 nitrogen and oxygen atoms in total. The summed E-state index contributed by atoms with van der Waals surface area (Å²) in [4.78, 5) is 15.9. The van der Waals surface area contributed by atoms with Crippen LogP contribution in [0.1, 0.15) is 6.92 Å². The predicted octanol–water partition coefficient (Wildman–Crippen LogP) is 0.872. The summed E-state index contributed by atoms with van der Waals surface area (Å²) in [6, 6.07) is 0. The fourth-order valence-electron chi connectivity index (χ4n) is 0. The van der Waals surface area contributed by atoms with Crippen molar-refractivity contribution < 1.29 is 19.5 Å². The van der Waals surface area contributed by atoms with Crippen LogP contribution in [0.2, 0.25) is 0 Å². The minimum atomic E-state index is -3.65. The van der Waals surface area contributed by atoms with E-state index in [2.05, 4.69) is 6.58 Å². The molecule has 0 fully saturated rings. The maximum absolute atomic E-state index is 9.69. The highest BCUT2D eigenvalue weighted by Crippen LogP contribution is 2.32. The van der Waals surface area contributed by atoms with Crippen LogP contribution >= 0.6 is 7.60 Å². The smallest absolute Gasteiger partial charge is 0.325 e. The van der Waals surface area contributed by atoms with E-state index in [0.717, 1.165) is 6.26 Å². The summed E-state index contributed by atoms with van der Waals surface area (Å²) < 4.78 is 9.69. The van der Waals surface area contributed by atoms with Crippen LogP contribution in [0.25, 0.3) is 0 Å². The molecule has 0 aromatic carbocycles. The van der Waals surface area contributed by atoms with E-state index in [0.29, 0.717) is 0 Å². The van der Waals surface area contributed by atoms with Crippen molar-refractivity contribution in [1.29, 1.82) is 0 Å². The molecule has 0 bridgehead atoms. The monoisotopic (exact) mass is 154 g/mol. The lowest BCUT2D eigenvalue weighted by Gasteiger charge is -1.92. The largest absolute Gasteiger partial charge is 0.516 e. The van der Waals surface area contributed by atoms with Crippen molar-refractivity contribution in [2.45, 2.75) is 6.92 Å². The Bertz CT molecular complexity index is 105. The highest BCUT2D eigenvalue weighted by Gasteiger charge is 2.05. The second-order valence-corrected chi connectivity index (χ2v) is 3.13. The minimum absolute atomic E-state index is 0.0625. The Kier molecular flexibility index (Phi) is 7.43. The lowest BCUT2D eigenvalue weighted by molar-refractivity contribution is 0.375. The van der Waals surface area contributed by atoms with Crippen LogP contribution < -0.4 is 0 Å². The van der Waals surface area contributed by atoms with Gasteiger partial charge in [0, 0.05) is 6.16 Å². The Labute approximate surface area is 54.0 Å². The first kappa shape index (κ1) is 11.5. The Morgan fingerprint density at radius 3 is 1.78 bits per heavy atom. The zero-order chi connectivity index (χ0) is 7.91. The first-order chi connectivity index (χ1) is 3.97. The fourth-order valence-corrected chi connectivity index (χ4v) is 0. The number of hydrogen-bond donors (Lipinski definition) is 3. The highest BCUT2D eigenvalue weighted by atomic mass is 31.2. The summed E-state index contributed by atoms with van der Waals surface area (Å²) in [5.41, 5.74) is 0. The van der Waals surface area contributed by atoms with Crippen LogP contribution in [0.3, 0.4) is 0 Å². The number of hydrogen-bond acceptors (Lipinski definition) is 2. The van der Waals surface area contributed by atoms with Crippen LogP contribution in [-0.2, 0) is 4.57 Å². The molecule has 9 heavy (non-hydrogen) atoms. The third-order valence-electron chi connectivity index (χ3n) is 0.412. The minimum Gasteiger partial charge on any atom is -0.516 e. The van der Waals surface area contributed by atoms with Crippen LogP contribution in [0.4, 0.5) is 0 Å². The maximum Gasteiger partial charge on any atom is 0.325 e. The molecule has 0 radical (unpaired) electrons. The molecule has 0 saturated heterocycles. The summed E-state index contributed by atoms with van der Waals surface area (Å²) in [5, 5.41) is 7.33. The normalized spacial score (nSPS) is 9.22. The van der Waals surface area contributed by atoms with Crippen LogP contribution in [0.15, 0.2) is 12.8 Å². The van der Waals surface area contributed by atoms with Gasteiger partial charge in [-0.2, -0.15) is 0 Å². The SMILES string of the molecule is C=CO.CCP(=O)(O)O. The van der Waals surface area contributed by atoms with Gasteiger partial charge in [-0.05, 0) is 0 Å². The summed E-state index contributed by atoms with van der Waals surface area (Å²) in [7, 11) is -3.65. The first-order valence-electron chi connectivity index (χ1n) is 2.27. The standard InChI is InChI=1S/C2H7O3P.C2H4O/c1-2-6(3,4)5;1-2-3/h2H2,1H3,(H2,3,4,5);2-3H,1H2. The average molecular weight is 154 g/mol. The van der Waals surface area contributed by atoms with Crippen molar-refractivity contribution in [2.75, 3.05) is 6.16 Å². The predicted molar refractivity (Wildman–Crippen MR) is 35.4 cm³/mol. The molecule has 56 valence electrons. The lowest BCUT2D eigenvalue weighted by atomic mass is 11.0. The highest BCUT2D eigenvalue weighted by molar-refractivity contribution is 7.51. The summed E-state index contributed by atoms with van der Waals surface area (Å²) in [6.45, 7) is 4.36. The van der Waals surface area contributed by atoms with E-state index in [1.807, 2.05) is 0 Å². The van der Waals surface area contributed by atoms with Gasteiger partial charge < -0.3 is 14.9 Å². The molecule has 0 amide bonds. The molecule has 0 unspecified atom stereocenters. The maximum atomic E-state index is 9.69. The van der Waals surface area contributed by atoms with E-state index >= 15 is 0 Å². The van der Waals surface area contributed by atoms with Crippen molar-refractivity contribution >= 4 is 7.60 Å². The van der Waals surface area contributed by atoms with E-state index in [1.165, 1.54) is 6.92 Å². The topological polar surface area (TPSA) is 77.8 Å². The Hall–Kier alpha value is -0.310. The van der Waals surface area contributed by atoms with Crippen molar-refractivity contribution in [3.8, 4) is 0 Å². The van der Waals surface area contributed by atoms with Gasteiger partial charge >= 0.3 is 7.60 Å². The number of aliphatic hydroxyl groups is 1. The van der Waals surface area contributed by atoms with Gasteiger partial charge in [0.05, 0.1) is 6.26 Å².